The van der Waals surface area contributed by atoms with E-state index in [0.717, 1.165) is 13.0 Å². The second-order valence-electron chi connectivity index (χ2n) is 5.70. The van der Waals surface area contributed by atoms with Crippen LogP contribution >= 0.6 is 0 Å². The topological polar surface area (TPSA) is 49.4 Å². The fourth-order valence-electron chi connectivity index (χ4n) is 2.93. The molecule has 2 unspecified atom stereocenters. The van der Waals surface area contributed by atoms with Gasteiger partial charge in [0.05, 0.1) is 4.90 Å². The summed E-state index contributed by atoms with van der Waals surface area (Å²) in [4.78, 5) is 0.206. The van der Waals surface area contributed by atoms with Crippen LogP contribution in [0.1, 0.15) is 25.8 Å². The number of nitrogens with zero attached hydrogens (tertiary/aromatic N) is 1. The Labute approximate surface area is 126 Å². The average molecular weight is 314 g/mol. The Morgan fingerprint density at radius 1 is 1.43 bits per heavy atom. The van der Waals surface area contributed by atoms with Crippen molar-refractivity contribution in [1.82, 2.24) is 9.62 Å². The van der Waals surface area contributed by atoms with Crippen LogP contribution in [0.15, 0.2) is 23.1 Å². The van der Waals surface area contributed by atoms with E-state index in [2.05, 4.69) is 19.2 Å². The summed E-state index contributed by atoms with van der Waals surface area (Å²) >= 11 is 0. The first-order chi connectivity index (χ1) is 9.86. The summed E-state index contributed by atoms with van der Waals surface area (Å²) in [6.07, 6.45) is 0.800. The van der Waals surface area contributed by atoms with Gasteiger partial charge in [0.25, 0.3) is 0 Å². The first-order valence-corrected chi connectivity index (χ1v) is 8.80. The molecule has 0 amide bonds. The molecule has 1 aromatic rings. The number of benzene rings is 1. The van der Waals surface area contributed by atoms with Crippen LogP contribution in [-0.4, -0.2) is 38.4 Å². The molecule has 0 aliphatic carbocycles. The van der Waals surface area contributed by atoms with E-state index in [1.807, 2.05) is 0 Å². The van der Waals surface area contributed by atoms with Gasteiger partial charge in [0.1, 0.15) is 5.82 Å². The van der Waals surface area contributed by atoms with Crippen molar-refractivity contribution in [2.75, 3.05) is 19.6 Å². The molecule has 1 aliphatic rings. The summed E-state index contributed by atoms with van der Waals surface area (Å²) in [6, 6.07) is 4.19. The van der Waals surface area contributed by atoms with Gasteiger partial charge < -0.3 is 5.32 Å². The van der Waals surface area contributed by atoms with Crippen LogP contribution in [0.3, 0.4) is 0 Å². The summed E-state index contributed by atoms with van der Waals surface area (Å²) in [5.74, 6) is -0.153. The van der Waals surface area contributed by atoms with Gasteiger partial charge in [-0.3, -0.25) is 0 Å². The maximum atomic E-state index is 13.2. The van der Waals surface area contributed by atoms with Gasteiger partial charge in [-0.15, -0.1) is 0 Å². The molecular formula is C15H23FN2O2S. The normalized spacial score (nSPS) is 24.2. The monoisotopic (exact) mass is 314 g/mol. The van der Waals surface area contributed by atoms with Crippen LogP contribution in [0.5, 0.6) is 0 Å². The lowest BCUT2D eigenvalue weighted by Gasteiger charge is -2.36. The summed E-state index contributed by atoms with van der Waals surface area (Å²) < 4.78 is 40.1. The summed E-state index contributed by atoms with van der Waals surface area (Å²) in [5, 5.41) is 3.39. The molecule has 0 aromatic heterocycles. The highest BCUT2D eigenvalue weighted by Gasteiger charge is 2.33. The minimum absolute atomic E-state index is 0.206. The highest BCUT2D eigenvalue weighted by molar-refractivity contribution is 7.89. The second-order valence-corrected chi connectivity index (χ2v) is 7.61. The van der Waals surface area contributed by atoms with Crippen LogP contribution in [0.2, 0.25) is 0 Å². The first-order valence-electron chi connectivity index (χ1n) is 7.36. The summed E-state index contributed by atoms with van der Waals surface area (Å²) in [6.45, 7) is 7.63. The second kappa shape index (κ2) is 6.42. The molecule has 2 rings (SSSR count). The van der Waals surface area contributed by atoms with Gasteiger partial charge in [0.15, 0.2) is 0 Å². The number of aryl methyl sites for hydroxylation is 1. The fraction of sp³-hybridized carbons (Fsp3) is 0.600. The molecule has 1 fully saturated rings. The third kappa shape index (κ3) is 3.44. The molecule has 4 nitrogen and oxygen atoms in total. The lowest BCUT2D eigenvalue weighted by atomic mass is 9.95. The Morgan fingerprint density at radius 2 is 2.14 bits per heavy atom. The number of piperidine rings is 1. The third-order valence-electron chi connectivity index (χ3n) is 4.09. The van der Waals surface area contributed by atoms with Crippen LogP contribution in [0.25, 0.3) is 0 Å². The van der Waals surface area contributed by atoms with Crippen LogP contribution < -0.4 is 5.32 Å². The highest BCUT2D eigenvalue weighted by Crippen LogP contribution is 2.26. The number of halogens is 1. The third-order valence-corrected chi connectivity index (χ3v) is 6.11. The molecule has 1 saturated heterocycles. The van der Waals surface area contributed by atoms with Crippen molar-refractivity contribution >= 4 is 10.0 Å². The highest BCUT2D eigenvalue weighted by atomic mass is 32.2. The minimum atomic E-state index is -3.54. The Morgan fingerprint density at radius 3 is 2.71 bits per heavy atom. The number of hydrogen-bond acceptors (Lipinski definition) is 3. The Bertz CT molecular complexity index is 604. The van der Waals surface area contributed by atoms with E-state index in [4.69, 9.17) is 0 Å². The van der Waals surface area contributed by atoms with Crippen molar-refractivity contribution in [2.45, 2.75) is 38.1 Å². The van der Waals surface area contributed by atoms with E-state index in [1.54, 1.807) is 6.92 Å². The van der Waals surface area contributed by atoms with Crippen LogP contribution in [0, 0.1) is 18.7 Å². The molecule has 0 radical (unpaired) electrons. The van der Waals surface area contributed by atoms with Crippen LogP contribution in [-0.2, 0) is 10.0 Å². The molecule has 1 N–H and O–H groups in total. The average Bonchev–Trinajstić information content (AvgIpc) is 2.40. The van der Waals surface area contributed by atoms with E-state index in [-0.39, 0.29) is 10.8 Å². The lowest BCUT2D eigenvalue weighted by Crippen LogP contribution is -2.50. The van der Waals surface area contributed by atoms with Gasteiger partial charge >= 0.3 is 0 Å². The zero-order chi connectivity index (χ0) is 15.6. The Hall–Kier alpha value is -0.980. The minimum Gasteiger partial charge on any atom is -0.314 e. The zero-order valence-electron chi connectivity index (χ0n) is 12.8. The van der Waals surface area contributed by atoms with Crippen molar-refractivity contribution in [3.05, 3.63) is 29.6 Å². The zero-order valence-corrected chi connectivity index (χ0v) is 13.6. The maximum absolute atomic E-state index is 13.2. The van der Waals surface area contributed by atoms with Gasteiger partial charge in [0.2, 0.25) is 10.0 Å². The molecule has 1 aliphatic heterocycles. The smallest absolute Gasteiger partial charge is 0.243 e. The van der Waals surface area contributed by atoms with E-state index in [1.165, 1.54) is 22.5 Å². The number of rotatable bonds is 4. The largest absolute Gasteiger partial charge is 0.314 e. The van der Waals surface area contributed by atoms with Crippen LogP contribution in [0.4, 0.5) is 4.39 Å². The molecular weight excluding hydrogens is 291 g/mol. The number of sulfonamides is 1. The maximum Gasteiger partial charge on any atom is 0.243 e. The predicted molar refractivity (Wildman–Crippen MR) is 81.1 cm³/mol. The first kappa shape index (κ1) is 16.4. The van der Waals surface area contributed by atoms with Gasteiger partial charge in [0, 0.05) is 19.1 Å². The van der Waals surface area contributed by atoms with Crippen molar-refractivity contribution in [3.63, 3.8) is 0 Å². The molecule has 2 atom stereocenters. The molecule has 0 spiro atoms. The van der Waals surface area contributed by atoms with E-state index >= 15 is 0 Å². The Kier molecular flexibility index (Phi) is 5.01. The summed E-state index contributed by atoms with van der Waals surface area (Å²) in [5.41, 5.74) is 0.455. The molecule has 118 valence electrons. The standard InChI is InChI=1S/C15H23FN2O2S/c1-4-17-14-7-8-18(10-12(14)3)21(19,20)15-6-5-13(16)9-11(15)2/h5-6,9,12,14,17H,4,7-8,10H2,1-3H3. The summed E-state index contributed by atoms with van der Waals surface area (Å²) in [7, 11) is -3.54. The van der Waals surface area contributed by atoms with Gasteiger partial charge in [-0.25, -0.2) is 12.8 Å². The van der Waals surface area contributed by atoms with Gasteiger partial charge in [-0.2, -0.15) is 4.31 Å². The van der Waals surface area contributed by atoms with Crippen molar-refractivity contribution in [3.8, 4) is 0 Å². The fourth-order valence-corrected chi connectivity index (χ4v) is 4.69. The van der Waals surface area contributed by atoms with Gasteiger partial charge in [-0.1, -0.05) is 13.8 Å². The van der Waals surface area contributed by atoms with Crippen molar-refractivity contribution in [2.24, 2.45) is 5.92 Å². The lowest BCUT2D eigenvalue weighted by molar-refractivity contribution is 0.222. The molecule has 0 saturated carbocycles. The quantitative estimate of drug-likeness (QED) is 0.926. The van der Waals surface area contributed by atoms with E-state index in [9.17, 15) is 12.8 Å². The Balaban J connectivity index is 2.21. The SMILES string of the molecule is CCNC1CCN(S(=O)(=O)c2ccc(F)cc2C)CC1C. The predicted octanol–water partition coefficient (Wildman–Crippen LogP) is 2.14. The van der Waals surface area contributed by atoms with Crippen molar-refractivity contribution in [1.29, 1.82) is 0 Å². The number of hydrogen-bond donors (Lipinski definition) is 1. The molecule has 21 heavy (non-hydrogen) atoms. The molecule has 1 heterocycles. The number of nitrogens with one attached hydrogen (secondary N) is 1. The molecule has 0 bridgehead atoms. The van der Waals surface area contributed by atoms with E-state index in [0.29, 0.717) is 24.7 Å². The molecule has 1 aromatic carbocycles. The molecule has 6 heteroatoms. The van der Waals surface area contributed by atoms with Crippen molar-refractivity contribution < 1.29 is 12.8 Å². The van der Waals surface area contributed by atoms with Gasteiger partial charge in [-0.05, 0) is 49.6 Å². The van der Waals surface area contributed by atoms with E-state index < -0.39 is 15.8 Å².